The van der Waals surface area contributed by atoms with E-state index in [4.69, 9.17) is 21.1 Å². The molecule has 2 aromatic rings. The molecule has 11 heteroatoms. The Morgan fingerprint density at radius 3 is 2.68 bits per heavy atom. The van der Waals surface area contributed by atoms with Gasteiger partial charge in [0.1, 0.15) is 12.4 Å². The van der Waals surface area contributed by atoms with Gasteiger partial charge < -0.3 is 19.5 Å². The monoisotopic (exact) mass is 685 g/mol. The van der Waals surface area contributed by atoms with E-state index in [0.29, 0.717) is 43.5 Å². The number of halogens is 1. The van der Waals surface area contributed by atoms with Gasteiger partial charge in [-0.3, -0.25) is 4.79 Å². The first kappa shape index (κ1) is 35.4. The second-order valence-electron chi connectivity index (χ2n) is 13.0. The van der Waals surface area contributed by atoms with E-state index in [-0.39, 0.29) is 30.0 Å². The fraction of sp³-hybridized carbons (Fsp3) is 0.528. The molecule has 0 bridgehead atoms. The molecule has 0 aromatic heterocycles. The van der Waals surface area contributed by atoms with Crippen LogP contribution in [0.2, 0.25) is 5.02 Å². The number of ether oxygens (including phenoxy) is 2. The number of anilines is 1. The first-order chi connectivity index (χ1) is 22.6. The van der Waals surface area contributed by atoms with Gasteiger partial charge in [0, 0.05) is 42.9 Å². The second kappa shape index (κ2) is 16.0. The molecule has 3 aliphatic rings. The van der Waals surface area contributed by atoms with Crippen LogP contribution >= 0.6 is 11.6 Å². The number of carbonyl (C=O) groups excluding carboxylic acids is 1. The average Bonchev–Trinajstić information content (AvgIpc) is 3.54. The quantitative estimate of drug-likeness (QED) is 0.262. The summed E-state index contributed by atoms with van der Waals surface area (Å²) in [5.74, 6) is 0.249. The molecule has 1 saturated carbocycles. The lowest BCUT2D eigenvalue weighted by Crippen LogP contribution is -2.50. The van der Waals surface area contributed by atoms with Crippen molar-refractivity contribution in [1.82, 2.24) is 9.03 Å². The Bertz CT molecular complexity index is 1530. The van der Waals surface area contributed by atoms with E-state index in [9.17, 15) is 18.3 Å². The molecule has 1 amide bonds. The number of hydrogen-bond donors (Lipinski definition) is 2. The minimum absolute atomic E-state index is 0.116. The first-order valence-electron chi connectivity index (χ1n) is 16.8. The number of aryl methyl sites for hydroxylation is 1. The summed E-state index contributed by atoms with van der Waals surface area (Å²) in [5, 5.41) is 11.2. The molecular weight excluding hydrogens is 638 g/mol. The Hall–Kier alpha value is -2.89. The molecule has 0 spiro atoms. The molecular formula is C36H48ClN3O6S. The van der Waals surface area contributed by atoms with Gasteiger partial charge in [-0.05, 0) is 112 Å². The van der Waals surface area contributed by atoms with Crippen LogP contribution in [0.4, 0.5) is 5.69 Å². The van der Waals surface area contributed by atoms with Crippen molar-refractivity contribution in [2.45, 2.75) is 83.1 Å². The summed E-state index contributed by atoms with van der Waals surface area (Å²) < 4.78 is 43.2. The summed E-state index contributed by atoms with van der Waals surface area (Å²) >= 11 is 6.33. The number of benzene rings is 2. The summed E-state index contributed by atoms with van der Waals surface area (Å²) in [6, 6.07) is 10.5. The number of nitrogens with zero attached hydrogens (tertiary/aromatic N) is 2. The van der Waals surface area contributed by atoms with E-state index in [1.165, 1.54) is 4.31 Å². The maximum atomic E-state index is 13.7. The van der Waals surface area contributed by atoms with Crippen molar-refractivity contribution in [1.29, 1.82) is 0 Å². The fourth-order valence-electron chi connectivity index (χ4n) is 6.91. The summed E-state index contributed by atoms with van der Waals surface area (Å²) in [6.45, 7) is 11.8. The van der Waals surface area contributed by atoms with Gasteiger partial charge in [0.05, 0.1) is 17.9 Å². The topological polar surface area (TPSA) is 108 Å². The molecule has 2 fully saturated rings. The van der Waals surface area contributed by atoms with E-state index in [1.54, 1.807) is 37.3 Å². The van der Waals surface area contributed by atoms with Gasteiger partial charge in [0.15, 0.2) is 0 Å². The number of nitrogens with one attached hydrogen (secondary N) is 1. The molecule has 9 nitrogen and oxygen atoms in total. The highest BCUT2D eigenvalue weighted by molar-refractivity contribution is 7.87. The van der Waals surface area contributed by atoms with Gasteiger partial charge >= 0.3 is 10.2 Å². The van der Waals surface area contributed by atoms with E-state index in [1.807, 2.05) is 18.2 Å². The third-order valence-corrected chi connectivity index (χ3v) is 11.6. The van der Waals surface area contributed by atoms with E-state index in [0.717, 1.165) is 61.8 Å². The average molecular weight is 686 g/mol. The van der Waals surface area contributed by atoms with Crippen molar-refractivity contribution in [3.8, 4) is 5.75 Å². The SMILES string of the molecule is C=CC[C@@H](C)N(C[C@H]1CCCO1)S(=O)(=O)NC(=O)c1ccc2c(c1)N(C[C@@H]1CC[C@H]1[C@@H](O)C=C)CCCCc1cc(Cl)ccc1CO2. The molecule has 47 heavy (non-hydrogen) atoms. The maximum Gasteiger partial charge on any atom is 0.304 e. The van der Waals surface area contributed by atoms with Gasteiger partial charge in [-0.2, -0.15) is 12.7 Å². The fourth-order valence-corrected chi connectivity index (χ4v) is 8.49. The molecule has 2 heterocycles. The molecule has 1 saturated heterocycles. The summed E-state index contributed by atoms with van der Waals surface area (Å²) in [4.78, 5) is 15.9. The first-order valence-corrected chi connectivity index (χ1v) is 18.6. The highest BCUT2D eigenvalue weighted by atomic mass is 35.5. The smallest absolute Gasteiger partial charge is 0.304 e. The lowest BCUT2D eigenvalue weighted by Gasteiger charge is -2.42. The summed E-state index contributed by atoms with van der Waals surface area (Å²) in [6.07, 6.45) is 9.16. The number of aliphatic hydroxyl groups excluding tert-OH is 1. The van der Waals surface area contributed by atoms with Crippen LogP contribution in [0, 0.1) is 11.8 Å². The molecule has 2 aliphatic heterocycles. The normalized spacial score (nSPS) is 22.9. The predicted molar refractivity (Wildman–Crippen MR) is 186 cm³/mol. The third-order valence-electron chi connectivity index (χ3n) is 9.79. The van der Waals surface area contributed by atoms with Crippen molar-refractivity contribution < 1.29 is 27.8 Å². The predicted octanol–water partition coefficient (Wildman–Crippen LogP) is 6.06. The van der Waals surface area contributed by atoms with Crippen LogP contribution in [0.3, 0.4) is 0 Å². The number of rotatable bonds is 12. The van der Waals surface area contributed by atoms with Crippen LogP contribution in [0.1, 0.15) is 73.4 Å². The summed E-state index contributed by atoms with van der Waals surface area (Å²) in [7, 11) is -4.20. The van der Waals surface area contributed by atoms with Crippen LogP contribution < -0.4 is 14.4 Å². The van der Waals surface area contributed by atoms with Gasteiger partial charge in [-0.1, -0.05) is 29.8 Å². The Morgan fingerprint density at radius 1 is 1.15 bits per heavy atom. The van der Waals surface area contributed by atoms with E-state index in [2.05, 4.69) is 22.8 Å². The van der Waals surface area contributed by atoms with Crippen molar-refractivity contribution in [2.24, 2.45) is 11.8 Å². The van der Waals surface area contributed by atoms with Gasteiger partial charge in [0.25, 0.3) is 5.91 Å². The standard InChI is InChI=1S/C36H48ClN3O6S/c1-4-9-25(3)40(23-31-11-8-19-45-31)47(43,44)38-36(42)27-14-17-35-33(21-27)39(22-28-13-16-32(28)34(41)5-2)18-7-6-10-26-20-30(37)15-12-29(26)24-46-35/h4-5,12,14-15,17,20-21,25,28,31-32,34,41H,1-2,6-11,13,16,18-19,22-24H2,3H3,(H,38,42)/t25-,28+,31-,32-,34+/m1/s1. The van der Waals surface area contributed by atoms with Gasteiger partial charge in [-0.25, -0.2) is 4.72 Å². The van der Waals surface area contributed by atoms with E-state index >= 15 is 0 Å². The van der Waals surface area contributed by atoms with Crippen LogP contribution in [0.15, 0.2) is 61.7 Å². The number of carbonyl (C=O) groups is 1. The largest absolute Gasteiger partial charge is 0.487 e. The van der Waals surface area contributed by atoms with Crippen molar-refractivity contribution >= 4 is 33.4 Å². The van der Waals surface area contributed by atoms with Gasteiger partial charge in [-0.15, -0.1) is 13.2 Å². The zero-order chi connectivity index (χ0) is 33.6. The maximum absolute atomic E-state index is 13.7. The Balaban J connectivity index is 1.44. The molecule has 256 valence electrons. The van der Waals surface area contributed by atoms with Gasteiger partial charge in [0.2, 0.25) is 0 Å². The van der Waals surface area contributed by atoms with Crippen LogP contribution in [-0.4, -0.2) is 68.2 Å². The zero-order valence-electron chi connectivity index (χ0n) is 27.3. The zero-order valence-corrected chi connectivity index (χ0v) is 28.9. The number of aliphatic hydroxyl groups is 1. The lowest BCUT2D eigenvalue weighted by atomic mass is 9.70. The minimum atomic E-state index is -4.20. The number of amides is 1. The van der Waals surface area contributed by atoms with Crippen LogP contribution in [0.5, 0.6) is 5.75 Å². The number of fused-ring (bicyclic) bond motifs is 2. The van der Waals surface area contributed by atoms with E-state index < -0.39 is 28.3 Å². The molecule has 0 radical (unpaired) electrons. The highest BCUT2D eigenvalue weighted by Crippen LogP contribution is 2.40. The van der Waals surface area contributed by atoms with Crippen LogP contribution in [-0.2, 0) is 28.0 Å². The molecule has 0 unspecified atom stereocenters. The molecule has 5 atom stereocenters. The van der Waals surface area contributed by atoms with Crippen molar-refractivity contribution in [3.63, 3.8) is 0 Å². The minimum Gasteiger partial charge on any atom is -0.487 e. The Labute approximate surface area is 284 Å². The molecule has 2 N–H and O–H groups in total. The highest BCUT2D eigenvalue weighted by Gasteiger charge is 2.37. The summed E-state index contributed by atoms with van der Waals surface area (Å²) in [5.41, 5.74) is 3.14. The Morgan fingerprint density at radius 2 is 1.98 bits per heavy atom. The molecule has 5 rings (SSSR count). The third kappa shape index (κ3) is 8.78. The second-order valence-corrected chi connectivity index (χ2v) is 15.1. The Kier molecular flexibility index (Phi) is 12.1. The van der Waals surface area contributed by atoms with Crippen molar-refractivity contribution in [3.05, 3.63) is 83.4 Å². The number of hydrogen-bond acceptors (Lipinski definition) is 7. The lowest BCUT2D eigenvalue weighted by molar-refractivity contribution is 0.0465. The van der Waals surface area contributed by atoms with Crippen LogP contribution in [0.25, 0.3) is 0 Å². The molecule has 2 aromatic carbocycles. The molecule has 1 aliphatic carbocycles. The van der Waals surface area contributed by atoms with Crippen molar-refractivity contribution in [2.75, 3.05) is 31.1 Å².